The van der Waals surface area contributed by atoms with Gasteiger partial charge in [0.25, 0.3) is 10.0 Å². The first kappa shape index (κ1) is 28.9. The molecule has 38 heavy (non-hydrogen) atoms. The Morgan fingerprint density at radius 1 is 0.895 bits per heavy atom. The molecule has 0 bridgehead atoms. The fourth-order valence-electron chi connectivity index (χ4n) is 4.45. The molecule has 0 spiro atoms. The highest BCUT2D eigenvalue weighted by Crippen LogP contribution is 2.29. The molecule has 0 fully saturated rings. The molecule has 0 aliphatic heterocycles. The van der Waals surface area contributed by atoms with Gasteiger partial charge >= 0.3 is 0 Å². The summed E-state index contributed by atoms with van der Waals surface area (Å²) < 4.78 is 29.1. The van der Waals surface area contributed by atoms with Crippen LogP contribution in [0.25, 0.3) is 0 Å². The Morgan fingerprint density at radius 2 is 1.55 bits per heavy atom. The Kier molecular flexibility index (Phi) is 9.33. The normalized spacial score (nSPS) is 12.1. The smallest absolute Gasteiger partial charge is 0.264 e. The highest BCUT2D eigenvalue weighted by Gasteiger charge is 2.34. The maximum Gasteiger partial charge on any atom is 0.264 e. The number of benzene rings is 3. The number of nitrogens with zero attached hydrogens (tertiary/aromatic N) is 2. The zero-order valence-electron chi connectivity index (χ0n) is 23.0. The standard InChI is InChI=1S/C30H37N3O4S/c1-7-27(30(35)31-6)32(19-25-12-8-10-22(3)18-25)29(34)20-33(28-13-9-11-23(4)24(28)5)38(36,37)26-16-14-21(2)15-17-26/h8-18,27H,7,19-20H2,1-6H3,(H,31,35)/t27-/m0/s1. The van der Waals surface area contributed by atoms with E-state index in [1.54, 1.807) is 36.4 Å². The van der Waals surface area contributed by atoms with Crippen molar-refractivity contribution in [3.05, 3.63) is 94.5 Å². The minimum atomic E-state index is -4.09. The first-order valence-electron chi connectivity index (χ1n) is 12.7. The summed E-state index contributed by atoms with van der Waals surface area (Å²) in [5, 5.41) is 2.65. The van der Waals surface area contributed by atoms with Crippen LogP contribution in [0.3, 0.4) is 0 Å². The van der Waals surface area contributed by atoms with Gasteiger partial charge < -0.3 is 10.2 Å². The SMILES string of the molecule is CC[C@@H](C(=O)NC)N(Cc1cccc(C)c1)C(=O)CN(c1cccc(C)c1C)S(=O)(=O)c1ccc(C)cc1. The largest absolute Gasteiger partial charge is 0.357 e. The zero-order valence-corrected chi connectivity index (χ0v) is 23.8. The van der Waals surface area contributed by atoms with Crippen LogP contribution in [-0.2, 0) is 26.2 Å². The lowest BCUT2D eigenvalue weighted by molar-refractivity contribution is -0.140. The molecule has 1 atom stereocenters. The van der Waals surface area contributed by atoms with E-state index in [4.69, 9.17) is 0 Å². The molecule has 3 rings (SSSR count). The molecule has 3 aromatic carbocycles. The van der Waals surface area contributed by atoms with Gasteiger partial charge in [0.15, 0.2) is 0 Å². The van der Waals surface area contributed by atoms with Crippen molar-refractivity contribution in [1.29, 1.82) is 0 Å². The third-order valence-corrected chi connectivity index (χ3v) is 8.57. The molecule has 0 aliphatic carbocycles. The molecule has 0 unspecified atom stereocenters. The van der Waals surface area contributed by atoms with Crippen molar-refractivity contribution in [2.45, 2.75) is 58.5 Å². The lowest BCUT2D eigenvalue weighted by Crippen LogP contribution is -2.51. The number of likely N-dealkylation sites (N-methyl/N-ethyl adjacent to an activating group) is 1. The maximum atomic E-state index is 14.0. The number of amides is 2. The molecule has 0 aromatic heterocycles. The van der Waals surface area contributed by atoms with Crippen LogP contribution in [-0.4, -0.2) is 44.8 Å². The second-order valence-electron chi connectivity index (χ2n) is 9.59. The molecule has 0 saturated carbocycles. The Morgan fingerprint density at radius 3 is 2.16 bits per heavy atom. The van der Waals surface area contributed by atoms with Crippen molar-refractivity contribution in [1.82, 2.24) is 10.2 Å². The summed E-state index contributed by atoms with van der Waals surface area (Å²) in [6.45, 7) is 9.16. The highest BCUT2D eigenvalue weighted by atomic mass is 32.2. The Hall–Kier alpha value is -3.65. The van der Waals surface area contributed by atoms with Crippen LogP contribution in [0.4, 0.5) is 5.69 Å². The predicted molar refractivity (Wildman–Crippen MR) is 152 cm³/mol. The summed E-state index contributed by atoms with van der Waals surface area (Å²) in [7, 11) is -2.56. The second kappa shape index (κ2) is 12.3. The number of aryl methyl sites for hydroxylation is 3. The third-order valence-electron chi connectivity index (χ3n) is 6.80. The summed E-state index contributed by atoms with van der Waals surface area (Å²) >= 11 is 0. The quantitative estimate of drug-likeness (QED) is 0.409. The van der Waals surface area contributed by atoms with E-state index >= 15 is 0 Å². The van der Waals surface area contributed by atoms with Crippen molar-refractivity contribution >= 4 is 27.5 Å². The van der Waals surface area contributed by atoms with Crippen molar-refractivity contribution in [2.75, 3.05) is 17.9 Å². The lowest BCUT2D eigenvalue weighted by Gasteiger charge is -2.33. The van der Waals surface area contributed by atoms with Crippen LogP contribution >= 0.6 is 0 Å². The number of hydrogen-bond acceptors (Lipinski definition) is 4. The van der Waals surface area contributed by atoms with Gasteiger partial charge in [-0.25, -0.2) is 8.42 Å². The van der Waals surface area contributed by atoms with Crippen LogP contribution in [0, 0.1) is 27.7 Å². The van der Waals surface area contributed by atoms with Crippen LogP contribution in [0.15, 0.2) is 71.6 Å². The molecule has 0 radical (unpaired) electrons. The van der Waals surface area contributed by atoms with Crippen LogP contribution < -0.4 is 9.62 Å². The number of nitrogens with one attached hydrogen (secondary N) is 1. The minimum Gasteiger partial charge on any atom is -0.357 e. The highest BCUT2D eigenvalue weighted by molar-refractivity contribution is 7.92. The number of carbonyl (C=O) groups is 2. The van der Waals surface area contributed by atoms with E-state index in [1.165, 1.54) is 16.3 Å². The monoisotopic (exact) mass is 535 g/mol. The van der Waals surface area contributed by atoms with E-state index < -0.39 is 28.5 Å². The van der Waals surface area contributed by atoms with Crippen molar-refractivity contribution in [2.24, 2.45) is 0 Å². The molecule has 202 valence electrons. The lowest BCUT2D eigenvalue weighted by atomic mass is 10.1. The Bertz CT molecular complexity index is 1400. The van der Waals surface area contributed by atoms with Gasteiger partial charge in [0.1, 0.15) is 12.6 Å². The first-order chi connectivity index (χ1) is 18.0. The molecule has 0 saturated heterocycles. The van der Waals surface area contributed by atoms with Gasteiger partial charge in [0.2, 0.25) is 11.8 Å². The maximum absolute atomic E-state index is 14.0. The van der Waals surface area contributed by atoms with E-state index in [1.807, 2.05) is 65.0 Å². The van der Waals surface area contributed by atoms with E-state index in [2.05, 4.69) is 5.32 Å². The van der Waals surface area contributed by atoms with Gasteiger partial charge in [-0.1, -0.05) is 66.6 Å². The van der Waals surface area contributed by atoms with Gasteiger partial charge in [-0.2, -0.15) is 0 Å². The molecule has 3 aromatic rings. The number of anilines is 1. The van der Waals surface area contributed by atoms with Crippen LogP contribution in [0.5, 0.6) is 0 Å². The minimum absolute atomic E-state index is 0.0976. The van der Waals surface area contributed by atoms with E-state index in [0.29, 0.717) is 12.1 Å². The summed E-state index contributed by atoms with van der Waals surface area (Å²) in [5.41, 5.74) is 4.93. The zero-order chi connectivity index (χ0) is 28.0. The fourth-order valence-corrected chi connectivity index (χ4v) is 5.92. The van der Waals surface area contributed by atoms with E-state index in [-0.39, 0.29) is 17.3 Å². The summed E-state index contributed by atoms with van der Waals surface area (Å²) in [4.78, 5) is 28.4. The molecular formula is C30H37N3O4S. The molecule has 8 heteroatoms. The van der Waals surface area contributed by atoms with Gasteiger partial charge in [-0.15, -0.1) is 0 Å². The van der Waals surface area contributed by atoms with Gasteiger partial charge in [-0.05, 0) is 69.0 Å². The summed E-state index contributed by atoms with van der Waals surface area (Å²) in [6, 6.07) is 18.9. The molecule has 2 amide bonds. The number of carbonyl (C=O) groups excluding carboxylic acids is 2. The Labute approximate surface area is 226 Å². The van der Waals surface area contributed by atoms with Crippen LogP contribution in [0.2, 0.25) is 0 Å². The van der Waals surface area contributed by atoms with E-state index in [9.17, 15) is 18.0 Å². The van der Waals surface area contributed by atoms with Crippen molar-refractivity contribution in [3.63, 3.8) is 0 Å². The van der Waals surface area contributed by atoms with Gasteiger partial charge in [-0.3, -0.25) is 13.9 Å². The molecule has 0 aliphatic rings. The van der Waals surface area contributed by atoms with Crippen LogP contribution in [0.1, 0.15) is 41.2 Å². The second-order valence-corrected chi connectivity index (χ2v) is 11.5. The average molecular weight is 536 g/mol. The van der Waals surface area contributed by atoms with Crippen molar-refractivity contribution in [3.8, 4) is 0 Å². The first-order valence-corrected chi connectivity index (χ1v) is 14.2. The molecule has 0 heterocycles. The molecular weight excluding hydrogens is 498 g/mol. The van der Waals surface area contributed by atoms with Gasteiger partial charge in [0, 0.05) is 13.6 Å². The number of sulfonamides is 1. The van der Waals surface area contributed by atoms with Crippen molar-refractivity contribution < 1.29 is 18.0 Å². The fraction of sp³-hybridized carbons (Fsp3) is 0.333. The Balaban J connectivity index is 2.11. The summed E-state index contributed by atoms with van der Waals surface area (Å²) in [5.74, 6) is -0.758. The van der Waals surface area contributed by atoms with E-state index in [0.717, 1.165) is 27.8 Å². The van der Waals surface area contributed by atoms with Gasteiger partial charge in [0.05, 0.1) is 10.6 Å². The summed E-state index contributed by atoms with van der Waals surface area (Å²) in [6.07, 6.45) is 0.380. The number of rotatable bonds is 10. The number of hydrogen-bond donors (Lipinski definition) is 1. The molecule has 7 nitrogen and oxygen atoms in total. The molecule has 1 N–H and O–H groups in total. The topological polar surface area (TPSA) is 86.8 Å². The predicted octanol–water partition coefficient (Wildman–Crippen LogP) is 4.67. The average Bonchev–Trinajstić information content (AvgIpc) is 2.89. The third kappa shape index (κ3) is 6.42.